The summed E-state index contributed by atoms with van der Waals surface area (Å²) in [6.07, 6.45) is -9.54. The minimum absolute atomic E-state index is 0.0242. The SMILES string of the molecule is COc1cc(-c2[o+]c3cc(O)cc(O)c3cc2O[C@@H]2O[C@H](CO)[C@@H](O)[C@H](OC(=O)CC(=O)O)[C@H]2O)ccc1O. The first-order valence-corrected chi connectivity index (χ1v) is 11.4. The summed E-state index contributed by atoms with van der Waals surface area (Å²) in [5.41, 5.74) is 0.300. The number of phenols is 3. The van der Waals surface area contributed by atoms with Crippen LogP contribution in [0.25, 0.3) is 22.3 Å². The number of phenolic OH excluding ortho intramolecular Hbond substituents is 3. The fourth-order valence-corrected chi connectivity index (χ4v) is 4.02. The van der Waals surface area contributed by atoms with Crippen LogP contribution in [0.5, 0.6) is 28.7 Å². The quantitative estimate of drug-likeness (QED) is 0.117. The maximum absolute atomic E-state index is 11.9. The zero-order valence-electron chi connectivity index (χ0n) is 20.3. The maximum Gasteiger partial charge on any atom is 0.402 e. The highest BCUT2D eigenvalue weighted by Crippen LogP contribution is 2.42. The molecule has 1 aliphatic heterocycles. The summed E-state index contributed by atoms with van der Waals surface area (Å²) in [6.45, 7) is -0.787. The van der Waals surface area contributed by atoms with E-state index in [4.69, 9.17) is 28.5 Å². The van der Waals surface area contributed by atoms with Crippen molar-refractivity contribution in [2.24, 2.45) is 0 Å². The Labute approximate surface area is 219 Å². The zero-order chi connectivity index (χ0) is 28.4. The molecule has 5 atom stereocenters. The van der Waals surface area contributed by atoms with Crippen LogP contribution in [0.4, 0.5) is 0 Å². The highest BCUT2D eigenvalue weighted by molar-refractivity contribution is 5.90. The van der Waals surface area contributed by atoms with Crippen molar-refractivity contribution in [3.05, 3.63) is 36.4 Å². The number of benzene rings is 2. The van der Waals surface area contributed by atoms with Crippen LogP contribution in [-0.4, -0.2) is 92.1 Å². The summed E-state index contributed by atoms with van der Waals surface area (Å²) < 4.78 is 27.3. The lowest BCUT2D eigenvalue weighted by Crippen LogP contribution is -2.61. The zero-order valence-corrected chi connectivity index (χ0v) is 20.3. The molecule has 39 heavy (non-hydrogen) atoms. The van der Waals surface area contributed by atoms with Crippen LogP contribution in [0.15, 0.2) is 40.8 Å². The number of fused-ring (bicyclic) bond motifs is 1. The lowest BCUT2D eigenvalue weighted by molar-refractivity contribution is -0.281. The number of esters is 1. The van der Waals surface area contributed by atoms with Gasteiger partial charge in [-0.25, -0.2) is 4.42 Å². The van der Waals surface area contributed by atoms with Crippen molar-refractivity contribution in [3.63, 3.8) is 0 Å². The van der Waals surface area contributed by atoms with E-state index in [1.807, 2.05) is 0 Å². The Balaban J connectivity index is 1.78. The largest absolute Gasteiger partial charge is 0.507 e. The van der Waals surface area contributed by atoms with E-state index in [1.165, 1.54) is 37.4 Å². The summed E-state index contributed by atoms with van der Waals surface area (Å²) >= 11 is 0. The molecule has 1 aromatic heterocycles. The number of aliphatic hydroxyl groups excluding tert-OH is 3. The summed E-state index contributed by atoms with van der Waals surface area (Å²) in [5.74, 6) is -3.78. The molecule has 1 aliphatic rings. The normalized spacial score (nSPS) is 22.8. The second-order valence-corrected chi connectivity index (χ2v) is 8.55. The molecule has 1 fully saturated rings. The van der Waals surface area contributed by atoms with E-state index >= 15 is 0 Å². The van der Waals surface area contributed by atoms with Crippen molar-refractivity contribution < 1.29 is 68.7 Å². The molecule has 0 spiro atoms. The smallest absolute Gasteiger partial charge is 0.402 e. The van der Waals surface area contributed by atoms with Crippen molar-refractivity contribution >= 4 is 22.9 Å². The van der Waals surface area contributed by atoms with Gasteiger partial charge in [-0.05, 0) is 12.1 Å². The summed E-state index contributed by atoms with van der Waals surface area (Å²) in [6, 6.07) is 7.70. The average molecular weight is 549 g/mol. The van der Waals surface area contributed by atoms with Gasteiger partial charge in [-0.2, -0.15) is 0 Å². The van der Waals surface area contributed by atoms with Gasteiger partial charge in [-0.3, -0.25) is 9.59 Å². The van der Waals surface area contributed by atoms with Crippen molar-refractivity contribution in [1.82, 2.24) is 0 Å². The molecule has 4 rings (SSSR count). The molecule has 7 N–H and O–H groups in total. The number of hydrogen-bond acceptors (Lipinski definition) is 12. The topological polar surface area (TPSA) is 224 Å². The van der Waals surface area contributed by atoms with Crippen LogP contribution < -0.4 is 9.47 Å². The van der Waals surface area contributed by atoms with Gasteiger partial charge in [0.2, 0.25) is 12.0 Å². The number of methoxy groups -OCH3 is 1. The van der Waals surface area contributed by atoms with Crippen LogP contribution in [0.1, 0.15) is 6.42 Å². The maximum atomic E-state index is 11.9. The van der Waals surface area contributed by atoms with Gasteiger partial charge in [0.25, 0.3) is 0 Å². The molecule has 0 aliphatic carbocycles. The van der Waals surface area contributed by atoms with Crippen LogP contribution in [0.3, 0.4) is 0 Å². The Morgan fingerprint density at radius 2 is 1.74 bits per heavy atom. The molecule has 0 bridgehead atoms. The molecule has 2 aromatic carbocycles. The van der Waals surface area contributed by atoms with Crippen LogP contribution in [0, 0.1) is 0 Å². The van der Waals surface area contributed by atoms with Gasteiger partial charge in [0.1, 0.15) is 35.5 Å². The predicted octanol–water partition coefficient (Wildman–Crippen LogP) is 0.711. The highest BCUT2D eigenvalue weighted by atomic mass is 16.7. The Morgan fingerprint density at radius 3 is 2.41 bits per heavy atom. The van der Waals surface area contributed by atoms with Crippen LogP contribution in [0.2, 0.25) is 0 Å². The monoisotopic (exact) mass is 549 g/mol. The summed E-state index contributed by atoms with van der Waals surface area (Å²) in [4.78, 5) is 22.8. The predicted molar refractivity (Wildman–Crippen MR) is 128 cm³/mol. The number of carboxylic acid groups (broad SMARTS) is 1. The molecule has 14 nitrogen and oxygen atoms in total. The number of carbonyl (C=O) groups is 2. The minimum Gasteiger partial charge on any atom is -0.507 e. The molecule has 1 saturated heterocycles. The second kappa shape index (κ2) is 11.2. The fourth-order valence-electron chi connectivity index (χ4n) is 4.02. The Bertz CT molecular complexity index is 1390. The first kappa shape index (κ1) is 27.7. The van der Waals surface area contributed by atoms with Gasteiger partial charge in [-0.1, -0.05) is 0 Å². The van der Waals surface area contributed by atoms with Crippen molar-refractivity contribution in [3.8, 4) is 40.1 Å². The molecule has 14 heteroatoms. The van der Waals surface area contributed by atoms with Crippen molar-refractivity contribution in [2.75, 3.05) is 13.7 Å². The van der Waals surface area contributed by atoms with Gasteiger partial charge in [0, 0.05) is 18.2 Å². The van der Waals surface area contributed by atoms with Crippen molar-refractivity contribution in [1.29, 1.82) is 0 Å². The van der Waals surface area contributed by atoms with Gasteiger partial charge >= 0.3 is 23.3 Å². The van der Waals surface area contributed by atoms with E-state index in [9.17, 15) is 40.2 Å². The summed E-state index contributed by atoms with van der Waals surface area (Å²) in [7, 11) is 1.32. The van der Waals surface area contributed by atoms with E-state index < -0.39 is 55.7 Å². The molecule has 3 aromatic rings. The highest BCUT2D eigenvalue weighted by Gasteiger charge is 2.48. The first-order valence-electron chi connectivity index (χ1n) is 11.4. The minimum atomic E-state index is -1.88. The van der Waals surface area contributed by atoms with E-state index in [0.29, 0.717) is 0 Å². The third-order valence-corrected chi connectivity index (χ3v) is 5.89. The molecule has 2 heterocycles. The van der Waals surface area contributed by atoms with Gasteiger partial charge in [0.15, 0.2) is 23.7 Å². The van der Waals surface area contributed by atoms with Gasteiger partial charge in [0.05, 0.1) is 25.3 Å². The first-order chi connectivity index (χ1) is 18.5. The lowest BCUT2D eigenvalue weighted by Gasteiger charge is -2.40. The Kier molecular flexibility index (Phi) is 7.92. The van der Waals surface area contributed by atoms with Gasteiger partial charge < -0.3 is 54.7 Å². The number of carboxylic acids is 1. The molecule has 0 amide bonds. The molecular formula is C25H25O14+. The van der Waals surface area contributed by atoms with Crippen molar-refractivity contribution in [2.45, 2.75) is 37.1 Å². The molecule has 0 saturated carbocycles. The van der Waals surface area contributed by atoms with E-state index in [0.717, 1.165) is 6.07 Å². The number of aliphatic carboxylic acids is 1. The third-order valence-electron chi connectivity index (χ3n) is 5.89. The van der Waals surface area contributed by atoms with E-state index in [2.05, 4.69) is 0 Å². The number of rotatable bonds is 8. The third kappa shape index (κ3) is 5.73. The van der Waals surface area contributed by atoms with Crippen LogP contribution in [-0.2, 0) is 19.1 Å². The van der Waals surface area contributed by atoms with Crippen LogP contribution >= 0.6 is 0 Å². The molecular weight excluding hydrogens is 524 g/mol. The number of aromatic hydroxyl groups is 3. The second-order valence-electron chi connectivity index (χ2n) is 8.55. The Hall–Kier alpha value is -4.37. The molecule has 0 radical (unpaired) electrons. The fraction of sp³-hybridized carbons (Fsp3) is 0.320. The van der Waals surface area contributed by atoms with Gasteiger partial charge in [-0.15, -0.1) is 0 Å². The number of aliphatic hydroxyl groups is 3. The number of carbonyl (C=O) groups excluding carboxylic acids is 1. The average Bonchev–Trinajstić information content (AvgIpc) is 2.88. The van der Waals surface area contributed by atoms with E-state index in [-0.39, 0.29) is 51.0 Å². The molecule has 208 valence electrons. The summed E-state index contributed by atoms with van der Waals surface area (Å²) in [5, 5.41) is 70.2. The lowest BCUT2D eigenvalue weighted by atomic mass is 9.99. The number of ether oxygens (including phenoxy) is 4. The number of hydrogen-bond donors (Lipinski definition) is 7. The molecule has 0 unspecified atom stereocenters. The van der Waals surface area contributed by atoms with E-state index in [1.54, 1.807) is 0 Å². The Morgan fingerprint density at radius 1 is 1.00 bits per heavy atom. The standard InChI is InChI=1S/C25H24O14/c1-35-16-4-10(2-3-13(16)28)23-17(7-12-14(29)5-11(27)6-15(12)36-23)37-25-22(34)24(21(33)18(9-26)38-25)39-20(32)8-19(30)31/h2-7,18,21-22,24-26,33-34H,8-9H2,1H3,(H3-,27,28,29,30,31)/p+1/t18-,21-,22-,24+,25-/m1/s1.